The Morgan fingerprint density at radius 1 is 0.727 bits per heavy atom. The van der Waals surface area contributed by atoms with Crippen molar-refractivity contribution < 1.29 is 50.0 Å². The van der Waals surface area contributed by atoms with Crippen LogP contribution in [-0.2, 0) is 14.2 Å². The average molecular weight is 326 g/mol. The quantitative estimate of drug-likeness (QED) is 0.269. The van der Waals surface area contributed by atoms with E-state index in [1.807, 2.05) is 0 Å². The van der Waals surface area contributed by atoms with Crippen molar-refractivity contribution in [2.45, 2.75) is 68.3 Å². The van der Waals surface area contributed by atoms with Crippen LogP contribution in [0, 0.1) is 0 Å². The molecular formula is C12H22O10. The second-order valence-corrected chi connectivity index (χ2v) is 5.51. The first kappa shape index (κ1) is 17.9. The van der Waals surface area contributed by atoms with E-state index in [2.05, 4.69) is 0 Å². The lowest BCUT2D eigenvalue weighted by Crippen LogP contribution is -2.63. The second-order valence-electron chi connectivity index (χ2n) is 5.51. The van der Waals surface area contributed by atoms with Crippen molar-refractivity contribution in [3.8, 4) is 0 Å². The van der Waals surface area contributed by atoms with E-state index in [0.29, 0.717) is 0 Å². The zero-order valence-electron chi connectivity index (χ0n) is 11.8. The van der Waals surface area contributed by atoms with Crippen molar-refractivity contribution in [1.29, 1.82) is 0 Å². The Labute approximate surface area is 126 Å². The number of hydrogen-bond donors (Lipinski definition) is 7. The van der Waals surface area contributed by atoms with E-state index in [4.69, 9.17) is 19.3 Å². The summed E-state index contributed by atoms with van der Waals surface area (Å²) in [6, 6.07) is 0. The topological polar surface area (TPSA) is 169 Å². The minimum Gasteiger partial charge on any atom is -0.394 e. The summed E-state index contributed by atoms with van der Waals surface area (Å²) in [5, 5.41) is 67.3. The molecule has 0 amide bonds. The molecule has 0 radical (unpaired) electrons. The molecule has 10 nitrogen and oxygen atoms in total. The first-order valence-electron chi connectivity index (χ1n) is 6.93. The second kappa shape index (κ2) is 7.01. The van der Waals surface area contributed by atoms with Crippen LogP contribution in [0.3, 0.4) is 0 Å². The highest BCUT2D eigenvalue weighted by molar-refractivity contribution is 4.91. The van der Waals surface area contributed by atoms with Crippen LogP contribution in [0.25, 0.3) is 0 Å². The van der Waals surface area contributed by atoms with Gasteiger partial charge in [-0.25, -0.2) is 0 Å². The number of hydrogen-bond acceptors (Lipinski definition) is 10. The van der Waals surface area contributed by atoms with Gasteiger partial charge in [0.05, 0.1) is 12.7 Å². The molecule has 0 aliphatic carbocycles. The Morgan fingerprint density at radius 2 is 1.23 bits per heavy atom. The van der Waals surface area contributed by atoms with E-state index in [-0.39, 0.29) is 0 Å². The molecule has 10 atom stereocenters. The molecule has 130 valence electrons. The zero-order valence-corrected chi connectivity index (χ0v) is 11.8. The summed E-state index contributed by atoms with van der Waals surface area (Å²) in [5.74, 6) is 0. The van der Waals surface area contributed by atoms with E-state index in [9.17, 15) is 30.6 Å². The molecule has 0 aromatic rings. The van der Waals surface area contributed by atoms with Crippen molar-refractivity contribution in [3.63, 3.8) is 0 Å². The highest BCUT2D eigenvalue weighted by atomic mass is 16.8. The largest absolute Gasteiger partial charge is 0.394 e. The Balaban J connectivity index is 2.05. The zero-order chi connectivity index (χ0) is 16.6. The fraction of sp³-hybridized carbons (Fsp3) is 1.00. The Kier molecular flexibility index (Phi) is 5.72. The van der Waals surface area contributed by atoms with Crippen molar-refractivity contribution in [3.05, 3.63) is 0 Å². The molecule has 2 rings (SSSR count). The van der Waals surface area contributed by atoms with E-state index in [1.54, 1.807) is 0 Å². The van der Waals surface area contributed by atoms with Crippen LogP contribution in [0.2, 0.25) is 0 Å². The van der Waals surface area contributed by atoms with Crippen LogP contribution in [0.1, 0.15) is 6.92 Å². The van der Waals surface area contributed by atoms with Crippen LogP contribution in [0.4, 0.5) is 0 Å². The first-order valence-corrected chi connectivity index (χ1v) is 6.93. The highest BCUT2D eigenvalue weighted by Crippen LogP contribution is 2.27. The fourth-order valence-corrected chi connectivity index (χ4v) is 2.44. The molecule has 0 saturated carbocycles. The molecule has 2 unspecified atom stereocenters. The summed E-state index contributed by atoms with van der Waals surface area (Å²) in [4.78, 5) is 0. The molecule has 2 aliphatic rings. The van der Waals surface area contributed by atoms with E-state index in [0.717, 1.165) is 0 Å². The van der Waals surface area contributed by atoms with Gasteiger partial charge in [-0.15, -0.1) is 0 Å². The molecular weight excluding hydrogens is 304 g/mol. The molecule has 0 aromatic heterocycles. The number of ether oxygens (including phenoxy) is 3. The van der Waals surface area contributed by atoms with Gasteiger partial charge < -0.3 is 50.0 Å². The maximum atomic E-state index is 9.83. The molecule has 2 heterocycles. The molecule has 0 spiro atoms. The molecule has 22 heavy (non-hydrogen) atoms. The van der Waals surface area contributed by atoms with Crippen molar-refractivity contribution in [2.75, 3.05) is 6.61 Å². The third kappa shape index (κ3) is 3.26. The molecule has 2 fully saturated rings. The van der Waals surface area contributed by atoms with Crippen LogP contribution in [0.5, 0.6) is 0 Å². The normalized spacial score (nSPS) is 53.5. The highest BCUT2D eigenvalue weighted by Gasteiger charge is 2.48. The van der Waals surface area contributed by atoms with Gasteiger partial charge in [-0.1, -0.05) is 0 Å². The van der Waals surface area contributed by atoms with E-state index in [1.165, 1.54) is 6.92 Å². The molecule has 2 saturated heterocycles. The van der Waals surface area contributed by atoms with Crippen molar-refractivity contribution in [2.24, 2.45) is 0 Å². The average Bonchev–Trinajstić information content (AvgIpc) is 2.50. The Bertz CT molecular complexity index is 366. The summed E-state index contributed by atoms with van der Waals surface area (Å²) in [6.07, 6.45) is -14.3. The van der Waals surface area contributed by atoms with Gasteiger partial charge in [0.15, 0.2) is 12.6 Å². The maximum Gasteiger partial charge on any atom is 0.189 e. The summed E-state index contributed by atoms with van der Waals surface area (Å²) >= 11 is 0. The first-order chi connectivity index (χ1) is 10.3. The third-order valence-corrected chi connectivity index (χ3v) is 3.93. The Hall–Kier alpha value is -0.400. The molecule has 7 N–H and O–H groups in total. The van der Waals surface area contributed by atoms with Gasteiger partial charge in [-0.2, -0.15) is 0 Å². The minimum atomic E-state index is -1.66. The monoisotopic (exact) mass is 326 g/mol. The van der Waals surface area contributed by atoms with Gasteiger partial charge in [0.2, 0.25) is 0 Å². The summed E-state index contributed by atoms with van der Waals surface area (Å²) in [5.41, 5.74) is 0. The van der Waals surface area contributed by atoms with Gasteiger partial charge in [0, 0.05) is 0 Å². The van der Waals surface area contributed by atoms with Crippen LogP contribution in [-0.4, -0.2) is 104 Å². The van der Waals surface area contributed by atoms with E-state index >= 15 is 0 Å². The summed E-state index contributed by atoms with van der Waals surface area (Å²) in [6.45, 7) is 0.819. The van der Waals surface area contributed by atoms with Crippen molar-refractivity contribution >= 4 is 0 Å². The third-order valence-electron chi connectivity index (χ3n) is 3.93. The molecule has 0 aromatic carbocycles. The van der Waals surface area contributed by atoms with Crippen molar-refractivity contribution in [1.82, 2.24) is 0 Å². The lowest BCUT2D eigenvalue weighted by molar-refractivity contribution is -0.373. The maximum absolute atomic E-state index is 9.83. The fourth-order valence-electron chi connectivity index (χ4n) is 2.44. The van der Waals surface area contributed by atoms with Gasteiger partial charge in [0.1, 0.15) is 42.7 Å². The van der Waals surface area contributed by atoms with Gasteiger partial charge >= 0.3 is 0 Å². The van der Waals surface area contributed by atoms with Gasteiger partial charge in [-0.05, 0) is 6.92 Å². The Morgan fingerprint density at radius 3 is 1.77 bits per heavy atom. The smallest absolute Gasteiger partial charge is 0.189 e. The predicted octanol–water partition coefficient (Wildman–Crippen LogP) is -4.37. The lowest BCUT2D eigenvalue weighted by atomic mass is 9.98. The lowest BCUT2D eigenvalue weighted by Gasteiger charge is -2.44. The summed E-state index contributed by atoms with van der Waals surface area (Å²) in [7, 11) is 0. The predicted molar refractivity (Wildman–Crippen MR) is 67.2 cm³/mol. The molecule has 2 aliphatic heterocycles. The van der Waals surface area contributed by atoms with E-state index < -0.39 is 68.0 Å². The number of aliphatic hydroxyl groups is 7. The number of rotatable bonds is 3. The summed E-state index contributed by atoms with van der Waals surface area (Å²) < 4.78 is 15.5. The van der Waals surface area contributed by atoms with Crippen LogP contribution >= 0.6 is 0 Å². The standard InChI is InChI=1S/C12H22O10/c1-3-5(14)7(16)9(18)11(20-3)22-12-10(19)8(17)6(15)4(2-13)21-12/h3-19H,2H2,1H3/t3-,4+,5+,6+,7+,8-,9-,10+,11?,12?/m0/s1. The van der Waals surface area contributed by atoms with Gasteiger partial charge in [0.25, 0.3) is 0 Å². The molecule has 0 bridgehead atoms. The SMILES string of the molecule is C[C@@H]1OC(OC2O[C@H](CO)[C@@H](O)[C@H](O)[C@H]2O)[C@@H](O)[C@H](O)[C@@H]1O. The van der Waals surface area contributed by atoms with Crippen LogP contribution in [0.15, 0.2) is 0 Å². The molecule has 10 heteroatoms. The van der Waals surface area contributed by atoms with Gasteiger partial charge in [-0.3, -0.25) is 0 Å². The van der Waals surface area contributed by atoms with Crippen LogP contribution < -0.4 is 0 Å². The number of aliphatic hydroxyl groups excluding tert-OH is 7. The minimum absolute atomic E-state index is 0.628.